The summed E-state index contributed by atoms with van der Waals surface area (Å²) in [5.74, 6) is 0.892. The van der Waals surface area contributed by atoms with Crippen molar-refractivity contribution in [2.45, 2.75) is 38.5 Å². The van der Waals surface area contributed by atoms with E-state index in [-0.39, 0.29) is 11.3 Å². The van der Waals surface area contributed by atoms with Crippen LogP contribution in [0.25, 0.3) is 0 Å². The van der Waals surface area contributed by atoms with Crippen molar-refractivity contribution < 1.29 is 4.79 Å². The van der Waals surface area contributed by atoms with Crippen LogP contribution >= 0.6 is 0 Å². The van der Waals surface area contributed by atoms with Crippen LogP contribution in [0.1, 0.15) is 46.8 Å². The minimum Gasteiger partial charge on any atom is -0.357 e. The summed E-state index contributed by atoms with van der Waals surface area (Å²) in [6.45, 7) is 6.68. The topological polar surface area (TPSA) is 56.7 Å². The molecule has 1 fully saturated rings. The molecule has 0 spiro atoms. The molecular weight excluding hydrogens is 372 g/mol. The Labute approximate surface area is 180 Å². The van der Waals surface area contributed by atoms with E-state index in [4.69, 9.17) is 4.99 Å². The molecule has 0 unspecified atom stereocenters. The number of guanidine groups is 1. The van der Waals surface area contributed by atoms with Gasteiger partial charge in [-0.3, -0.25) is 9.79 Å². The third kappa shape index (κ3) is 5.41. The fourth-order valence-electron chi connectivity index (χ4n) is 3.85. The highest BCUT2D eigenvalue weighted by atomic mass is 16.2. The first-order valence-electron chi connectivity index (χ1n) is 10.8. The summed E-state index contributed by atoms with van der Waals surface area (Å²) in [7, 11) is 3.55. The smallest absolute Gasteiger partial charge is 0.253 e. The van der Waals surface area contributed by atoms with E-state index < -0.39 is 0 Å². The van der Waals surface area contributed by atoms with Gasteiger partial charge in [0.15, 0.2) is 5.96 Å². The van der Waals surface area contributed by atoms with Crippen LogP contribution in [0.4, 0.5) is 0 Å². The first-order chi connectivity index (χ1) is 14.4. The number of hydrogen-bond donors (Lipinski definition) is 2. The number of hydrogen-bond acceptors (Lipinski definition) is 2. The number of aliphatic imine (C=N–C) groups is 1. The average molecular weight is 407 g/mol. The normalized spacial score (nSPS) is 14.9. The van der Waals surface area contributed by atoms with Crippen LogP contribution in [0.15, 0.2) is 53.5 Å². The van der Waals surface area contributed by atoms with Crippen molar-refractivity contribution in [3.63, 3.8) is 0 Å². The molecule has 1 aliphatic carbocycles. The second kappa shape index (κ2) is 9.79. The van der Waals surface area contributed by atoms with Crippen LogP contribution in [-0.4, -0.2) is 50.5 Å². The van der Waals surface area contributed by atoms with Gasteiger partial charge >= 0.3 is 0 Å². The molecule has 1 amide bonds. The first kappa shape index (κ1) is 21.9. The number of carbonyl (C=O) groups excluding carboxylic acids is 1. The summed E-state index contributed by atoms with van der Waals surface area (Å²) in [6.07, 6.45) is 3.24. The SMILES string of the molecule is CCNC(=NCC1(c2ccccc2C)CC1)NCCc1cccc(C(=O)N(C)C)c1. The van der Waals surface area contributed by atoms with Crippen molar-refractivity contribution in [1.82, 2.24) is 15.5 Å². The monoisotopic (exact) mass is 406 g/mol. The quantitative estimate of drug-likeness (QED) is 0.521. The molecule has 2 aromatic carbocycles. The zero-order valence-corrected chi connectivity index (χ0v) is 18.7. The van der Waals surface area contributed by atoms with Crippen LogP contribution in [0, 0.1) is 6.92 Å². The third-order valence-electron chi connectivity index (χ3n) is 5.74. The summed E-state index contributed by atoms with van der Waals surface area (Å²) >= 11 is 0. The largest absolute Gasteiger partial charge is 0.357 e. The van der Waals surface area contributed by atoms with Crippen molar-refractivity contribution >= 4 is 11.9 Å². The van der Waals surface area contributed by atoms with Crippen LogP contribution in [-0.2, 0) is 11.8 Å². The molecule has 1 aliphatic rings. The minimum atomic E-state index is 0.0330. The van der Waals surface area contributed by atoms with E-state index in [0.717, 1.165) is 43.1 Å². The van der Waals surface area contributed by atoms with E-state index >= 15 is 0 Å². The molecule has 0 heterocycles. The first-order valence-corrected chi connectivity index (χ1v) is 10.8. The van der Waals surface area contributed by atoms with Crippen molar-refractivity contribution in [1.29, 1.82) is 0 Å². The highest BCUT2D eigenvalue weighted by Gasteiger charge is 2.44. The van der Waals surface area contributed by atoms with Gasteiger partial charge in [0.05, 0.1) is 6.54 Å². The summed E-state index contributed by atoms with van der Waals surface area (Å²) in [5.41, 5.74) is 4.87. The van der Waals surface area contributed by atoms with Gasteiger partial charge in [-0.25, -0.2) is 0 Å². The van der Waals surface area contributed by atoms with E-state index in [1.807, 2.05) is 18.2 Å². The summed E-state index contributed by atoms with van der Waals surface area (Å²) < 4.78 is 0. The second-order valence-corrected chi connectivity index (χ2v) is 8.37. The van der Waals surface area contributed by atoms with E-state index in [1.165, 1.54) is 24.0 Å². The lowest BCUT2D eigenvalue weighted by atomic mass is 9.92. The van der Waals surface area contributed by atoms with Crippen molar-refractivity contribution in [3.8, 4) is 0 Å². The molecule has 5 nitrogen and oxygen atoms in total. The zero-order valence-electron chi connectivity index (χ0n) is 18.7. The van der Waals surface area contributed by atoms with Gasteiger partial charge in [0.2, 0.25) is 0 Å². The zero-order chi connectivity index (χ0) is 21.6. The van der Waals surface area contributed by atoms with Gasteiger partial charge in [-0.1, -0.05) is 36.4 Å². The van der Waals surface area contributed by atoms with Crippen LogP contribution in [0.2, 0.25) is 0 Å². The molecule has 1 saturated carbocycles. The highest BCUT2D eigenvalue weighted by Crippen LogP contribution is 2.49. The number of aryl methyl sites for hydroxylation is 1. The Balaban J connectivity index is 1.59. The molecule has 0 aliphatic heterocycles. The number of rotatable bonds is 8. The molecule has 0 bridgehead atoms. The Kier molecular flexibility index (Phi) is 7.14. The number of amides is 1. The minimum absolute atomic E-state index is 0.0330. The second-order valence-electron chi connectivity index (χ2n) is 8.37. The highest BCUT2D eigenvalue weighted by molar-refractivity contribution is 5.94. The van der Waals surface area contributed by atoms with Crippen molar-refractivity contribution in [2.75, 3.05) is 33.7 Å². The molecule has 0 radical (unpaired) electrons. The van der Waals surface area contributed by atoms with E-state index in [2.05, 4.69) is 54.8 Å². The number of benzene rings is 2. The van der Waals surface area contributed by atoms with Crippen molar-refractivity contribution in [2.24, 2.45) is 4.99 Å². The lowest BCUT2D eigenvalue weighted by Crippen LogP contribution is -2.39. The Morgan fingerprint density at radius 3 is 2.53 bits per heavy atom. The molecule has 0 aromatic heterocycles. The Bertz CT molecular complexity index is 900. The van der Waals surface area contributed by atoms with Crippen LogP contribution in [0.3, 0.4) is 0 Å². The maximum absolute atomic E-state index is 12.2. The van der Waals surface area contributed by atoms with Gasteiger partial charge in [-0.05, 0) is 61.9 Å². The van der Waals surface area contributed by atoms with Gasteiger partial charge in [0.1, 0.15) is 0 Å². The molecule has 160 valence electrons. The summed E-state index contributed by atoms with van der Waals surface area (Å²) in [6, 6.07) is 16.5. The predicted octanol–water partition coefficient (Wildman–Crippen LogP) is 3.53. The van der Waals surface area contributed by atoms with Crippen LogP contribution in [0.5, 0.6) is 0 Å². The Hall–Kier alpha value is -2.82. The molecular formula is C25H34N4O. The standard InChI is InChI=1S/C25H34N4O/c1-5-26-24(28-18-25(14-15-25)22-12-7-6-9-19(22)2)27-16-13-20-10-8-11-21(17-20)23(30)29(3)4/h6-12,17H,5,13-16,18H2,1-4H3,(H2,26,27,28). The summed E-state index contributed by atoms with van der Waals surface area (Å²) in [5, 5.41) is 6.81. The molecule has 0 atom stereocenters. The fourth-order valence-corrected chi connectivity index (χ4v) is 3.85. The summed E-state index contributed by atoms with van der Waals surface area (Å²) in [4.78, 5) is 18.7. The van der Waals surface area contributed by atoms with Gasteiger partial charge in [-0.2, -0.15) is 0 Å². The maximum atomic E-state index is 12.2. The van der Waals surface area contributed by atoms with Gasteiger partial charge in [0, 0.05) is 38.2 Å². The average Bonchev–Trinajstić information content (AvgIpc) is 3.53. The fraction of sp³-hybridized carbons (Fsp3) is 0.440. The van der Waals surface area contributed by atoms with Gasteiger partial charge < -0.3 is 15.5 Å². The number of carbonyl (C=O) groups is 1. The lowest BCUT2D eigenvalue weighted by molar-refractivity contribution is 0.0827. The van der Waals surface area contributed by atoms with E-state index in [1.54, 1.807) is 19.0 Å². The van der Waals surface area contributed by atoms with Gasteiger partial charge in [-0.15, -0.1) is 0 Å². The molecule has 0 saturated heterocycles. The van der Waals surface area contributed by atoms with E-state index in [9.17, 15) is 4.79 Å². The molecule has 5 heteroatoms. The number of nitrogens with zero attached hydrogens (tertiary/aromatic N) is 2. The van der Waals surface area contributed by atoms with Gasteiger partial charge in [0.25, 0.3) is 5.91 Å². The van der Waals surface area contributed by atoms with E-state index in [0.29, 0.717) is 0 Å². The predicted molar refractivity (Wildman–Crippen MR) is 124 cm³/mol. The van der Waals surface area contributed by atoms with Crippen molar-refractivity contribution in [3.05, 3.63) is 70.8 Å². The molecule has 3 rings (SSSR count). The lowest BCUT2D eigenvalue weighted by Gasteiger charge is -2.18. The maximum Gasteiger partial charge on any atom is 0.253 e. The molecule has 2 aromatic rings. The Morgan fingerprint density at radius 1 is 1.10 bits per heavy atom. The Morgan fingerprint density at radius 2 is 1.87 bits per heavy atom. The van der Waals surface area contributed by atoms with Crippen LogP contribution < -0.4 is 10.6 Å². The third-order valence-corrected chi connectivity index (χ3v) is 5.74. The number of nitrogens with one attached hydrogen (secondary N) is 2. The molecule has 30 heavy (non-hydrogen) atoms. The molecule has 2 N–H and O–H groups in total.